The lowest BCUT2D eigenvalue weighted by Crippen LogP contribution is -2.67. The monoisotopic (exact) mass is 696 g/mol. The van der Waals surface area contributed by atoms with Gasteiger partial charge >= 0.3 is 0 Å². The first-order valence-corrected chi connectivity index (χ1v) is 18.6. The number of hydrogen-bond donors (Lipinski definition) is 2. The van der Waals surface area contributed by atoms with E-state index < -0.39 is 32.9 Å². The molecule has 1 aliphatic heterocycles. The van der Waals surface area contributed by atoms with E-state index in [-0.39, 0.29) is 36.6 Å². The Labute approximate surface area is 293 Å². The number of rotatable bonds is 13. The second kappa shape index (κ2) is 15.3. The van der Waals surface area contributed by atoms with Crippen molar-refractivity contribution in [3.8, 4) is 0 Å². The fraction of sp³-hybridized carbons (Fsp3) is 0.351. The minimum Gasteiger partial charge on any atom is -0.405 e. The third kappa shape index (κ3) is 7.25. The summed E-state index contributed by atoms with van der Waals surface area (Å²) in [6.07, 6.45) is -0.533. The van der Waals surface area contributed by atoms with Gasteiger partial charge in [0, 0.05) is 19.7 Å². The Morgan fingerprint density at radius 1 is 0.920 bits per heavy atom. The second-order valence-electron chi connectivity index (χ2n) is 13.4. The predicted octanol–water partition coefficient (Wildman–Crippen LogP) is 3.79. The van der Waals surface area contributed by atoms with Gasteiger partial charge in [-0.15, -0.1) is 0 Å². The molecule has 3 aromatic carbocycles. The highest BCUT2D eigenvalue weighted by atomic mass is 28.4. The smallest absolute Gasteiger partial charge is 0.261 e. The van der Waals surface area contributed by atoms with E-state index in [0.29, 0.717) is 16.7 Å². The van der Waals surface area contributed by atoms with Gasteiger partial charge in [0.15, 0.2) is 23.2 Å². The van der Waals surface area contributed by atoms with Crippen LogP contribution >= 0.6 is 0 Å². The highest BCUT2D eigenvalue weighted by Gasteiger charge is 2.53. The number of amides is 1. The highest BCUT2D eigenvalue weighted by molar-refractivity contribution is 6.99. The van der Waals surface area contributed by atoms with Gasteiger partial charge in [-0.2, -0.15) is 5.06 Å². The molecule has 1 fully saturated rings. The van der Waals surface area contributed by atoms with Crippen LogP contribution in [0.2, 0.25) is 5.04 Å². The number of carbonyl (C=O) groups is 1. The van der Waals surface area contributed by atoms with Gasteiger partial charge in [0.05, 0.1) is 26.1 Å². The van der Waals surface area contributed by atoms with Gasteiger partial charge in [-0.25, -0.2) is 15.0 Å². The molecule has 0 spiro atoms. The van der Waals surface area contributed by atoms with Crippen LogP contribution in [0.4, 0.5) is 5.82 Å². The van der Waals surface area contributed by atoms with E-state index in [1.54, 1.807) is 54.3 Å². The van der Waals surface area contributed by atoms with Crippen molar-refractivity contribution >= 4 is 41.6 Å². The minimum atomic E-state index is -2.93. The molecule has 0 radical (unpaired) electrons. The summed E-state index contributed by atoms with van der Waals surface area (Å²) in [5, 5.41) is 18.3. The highest BCUT2D eigenvalue weighted by Crippen LogP contribution is 2.39. The zero-order chi connectivity index (χ0) is 35.3. The zero-order valence-corrected chi connectivity index (χ0v) is 30.0. The van der Waals surface area contributed by atoms with Crippen molar-refractivity contribution in [2.45, 2.75) is 50.3 Å². The molecule has 6 rings (SSSR count). The molecule has 2 aromatic heterocycles. The van der Waals surface area contributed by atoms with Crippen molar-refractivity contribution in [2.75, 3.05) is 39.2 Å². The van der Waals surface area contributed by atoms with E-state index in [2.05, 4.69) is 65.3 Å². The summed E-state index contributed by atoms with van der Waals surface area (Å²) in [6, 6.07) is 29.5. The summed E-state index contributed by atoms with van der Waals surface area (Å²) in [4.78, 5) is 31.9. The molecule has 5 aromatic rings. The summed E-state index contributed by atoms with van der Waals surface area (Å²) in [7, 11) is 0.651. The maximum atomic E-state index is 13.0. The van der Waals surface area contributed by atoms with Gasteiger partial charge in [-0.05, 0) is 27.5 Å². The molecule has 2 N–H and O–H groups in total. The number of aliphatic hydroxyl groups excluding tert-OH is 1. The number of hydrogen-bond acceptors (Lipinski definition) is 10. The number of hydroxylamine groups is 2. The molecule has 2 unspecified atom stereocenters. The van der Waals surface area contributed by atoms with Crippen molar-refractivity contribution in [1.82, 2.24) is 24.6 Å². The van der Waals surface area contributed by atoms with E-state index in [9.17, 15) is 9.90 Å². The molecular formula is C37H44N6O6Si. The van der Waals surface area contributed by atoms with E-state index in [4.69, 9.17) is 18.7 Å². The van der Waals surface area contributed by atoms with Crippen LogP contribution in [0.5, 0.6) is 0 Å². The normalized spacial score (nSPS) is 19.7. The third-order valence-electron chi connectivity index (χ3n) is 8.84. The van der Waals surface area contributed by atoms with E-state index in [1.165, 1.54) is 6.33 Å². The summed E-state index contributed by atoms with van der Waals surface area (Å²) >= 11 is 0. The molecule has 0 aliphatic carbocycles. The van der Waals surface area contributed by atoms with Crippen molar-refractivity contribution in [2.24, 2.45) is 0 Å². The Morgan fingerprint density at radius 2 is 1.54 bits per heavy atom. The molecule has 1 aliphatic rings. The molecule has 3 heterocycles. The lowest BCUT2D eigenvalue weighted by atomic mass is 10.1. The van der Waals surface area contributed by atoms with Crippen molar-refractivity contribution in [3.05, 3.63) is 109 Å². The van der Waals surface area contributed by atoms with Crippen LogP contribution in [-0.4, -0.2) is 96.1 Å². The van der Waals surface area contributed by atoms with Gasteiger partial charge < -0.3 is 24.3 Å². The van der Waals surface area contributed by atoms with E-state index >= 15 is 0 Å². The number of carbonyl (C=O) groups excluding carboxylic acids is 1. The molecular weight excluding hydrogens is 653 g/mol. The summed E-state index contributed by atoms with van der Waals surface area (Å²) in [5.74, 6) is -0.0695. The lowest BCUT2D eigenvalue weighted by molar-refractivity contribution is -0.150. The number of aromatic nitrogens is 4. The fourth-order valence-corrected chi connectivity index (χ4v) is 11.1. The molecule has 1 amide bonds. The van der Waals surface area contributed by atoms with Crippen LogP contribution in [0.1, 0.15) is 37.4 Å². The Kier molecular flexibility index (Phi) is 10.8. The number of fused-ring (bicyclic) bond motifs is 1. The average molecular weight is 697 g/mol. The number of anilines is 1. The molecule has 12 nitrogen and oxygen atoms in total. The SMILES string of the molecule is CN(C)OCCOC1C(O)[C@@H](CO[Si](c2ccccc2)(c2ccccc2)C(C)(C)C)O[C@H]1n1cnc2c(NC(=O)c3ccccc3)ncnc21. The number of imidazole rings is 1. The first kappa shape index (κ1) is 35.5. The quantitative estimate of drug-likeness (QED) is 0.106. The van der Waals surface area contributed by atoms with Crippen LogP contribution in [0, 0.1) is 0 Å². The molecule has 0 saturated carbocycles. The summed E-state index contributed by atoms with van der Waals surface area (Å²) in [5.41, 5.74) is 1.27. The van der Waals surface area contributed by atoms with Crippen molar-refractivity contribution in [3.63, 3.8) is 0 Å². The maximum absolute atomic E-state index is 13.0. The molecule has 262 valence electrons. The molecule has 4 atom stereocenters. The standard InChI is InChI=1S/C37H44N6O6Si/c1-37(2,3)50(27-17-11-7-12-18-27,28-19-13-8-14-20-28)48-23-29-31(44)32(46-21-22-47-42(4)5)36(49-29)43-25-40-30-33(38-24-39-34(30)43)41-35(45)26-15-9-6-10-16-26/h6-20,24-25,29,31-32,36,44H,21-23H2,1-5H3,(H,38,39,41,45)/t29-,31?,32?,36-/m1/s1. The number of ether oxygens (including phenoxy) is 2. The largest absolute Gasteiger partial charge is 0.405 e. The van der Waals surface area contributed by atoms with Gasteiger partial charge in [-0.3, -0.25) is 14.2 Å². The molecule has 0 bridgehead atoms. The fourth-order valence-electron chi connectivity index (χ4n) is 6.53. The van der Waals surface area contributed by atoms with Gasteiger partial charge in [0.2, 0.25) is 0 Å². The van der Waals surface area contributed by atoms with Gasteiger partial charge in [0.25, 0.3) is 14.2 Å². The Bertz CT molecular complexity index is 1820. The molecule has 1 saturated heterocycles. The Hall–Kier alpha value is -4.34. The van der Waals surface area contributed by atoms with Gasteiger partial charge in [0.1, 0.15) is 24.6 Å². The Morgan fingerprint density at radius 3 is 2.14 bits per heavy atom. The van der Waals surface area contributed by atoms with Crippen LogP contribution in [-0.2, 0) is 18.7 Å². The van der Waals surface area contributed by atoms with Crippen LogP contribution < -0.4 is 15.7 Å². The van der Waals surface area contributed by atoms with Crippen LogP contribution in [0.15, 0.2) is 104 Å². The number of nitrogens with zero attached hydrogens (tertiary/aromatic N) is 5. The molecule has 50 heavy (non-hydrogen) atoms. The van der Waals surface area contributed by atoms with Gasteiger partial charge in [-0.1, -0.05) is 99.6 Å². The maximum Gasteiger partial charge on any atom is 0.261 e. The number of nitrogens with one attached hydrogen (secondary N) is 1. The van der Waals surface area contributed by atoms with Crippen LogP contribution in [0.3, 0.4) is 0 Å². The second-order valence-corrected chi connectivity index (χ2v) is 17.7. The average Bonchev–Trinajstić information content (AvgIpc) is 3.68. The first-order valence-electron chi connectivity index (χ1n) is 16.6. The van der Waals surface area contributed by atoms with Crippen LogP contribution in [0.25, 0.3) is 11.2 Å². The first-order chi connectivity index (χ1) is 24.1. The number of benzene rings is 3. The summed E-state index contributed by atoms with van der Waals surface area (Å²) in [6.45, 7) is 7.19. The topological polar surface area (TPSA) is 133 Å². The Balaban J connectivity index is 1.31. The summed E-state index contributed by atoms with van der Waals surface area (Å²) < 4.78 is 21.8. The van der Waals surface area contributed by atoms with E-state index in [0.717, 1.165) is 10.4 Å². The minimum absolute atomic E-state index is 0.110. The van der Waals surface area contributed by atoms with Crippen molar-refractivity contribution < 1.29 is 28.6 Å². The zero-order valence-electron chi connectivity index (χ0n) is 29.0. The number of aliphatic hydroxyl groups is 1. The van der Waals surface area contributed by atoms with E-state index in [1.807, 2.05) is 42.5 Å². The van der Waals surface area contributed by atoms with Crippen molar-refractivity contribution in [1.29, 1.82) is 0 Å². The lowest BCUT2D eigenvalue weighted by Gasteiger charge is -2.43. The third-order valence-corrected chi connectivity index (χ3v) is 13.8. The predicted molar refractivity (Wildman–Crippen MR) is 193 cm³/mol. The molecule has 13 heteroatoms.